The first kappa shape index (κ1) is 45.8. The van der Waals surface area contributed by atoms with Gasteiger partial charge >= 0.3 is 0 Å². The van der Waals surface area contributed by atoms with Gasteiger partial charge in [0.15, 0.2) is 5.96 Å². The first-order valence-electron chi connectivity index (χ1n) is 24.2. The molecule has 60 heavy (non-hydrogen) atoms. The summed E-state index contributed by atoms with van der Waals surface area (Å²) in [5, 5.41) is 10.8. The molecule has 0 saturated heterocycles. The SMILES string of the molecule is CCCC[P+](CCCC)(CCCC)Cc1ccc(NC(=O)C2Cc3ccccc3CN2C(=O)[C@H](CCc2ccccc2)NC(=NC2CCCCC2)NC2CCCCC2)cc1. The molecule has 6 rings (SSSR count). The summed E-state index contributed by atoms with van der Waals surface area (Å²) in [6.45, 7) is 7.38. The predicted octanol–water partition coefficient (Wildman–Crippen LogP) is 11.7. The van der Waals surface area contributed by atoms with Gasteiger partial charge in [0.05, 0.1) is 30.7 Å². The Morgan fingerprint density at radius 1 is 0.717 bits per heavy atom. The highest BCUT2D eigenvalue weighted by molar-refractivity contribution is 7.75. The van der Waals surface area contributed by atoms with Crippen molar-refractivity contribution in [1.29, 1.82) is 0 Å². The Balaban J connectivity index is 1.24. The number of nitrogens with one attached hydrogen (secondary N) is 3. The van der Waals surface area contributed by atoms with E-state index in [2.05, 4.69) is 97.4 Å². The van der Waals surface area contributed by atoms with Crippen LogP contribution in [0.1, 0.15) is 152 Å². The molecule has 0 spiro atoms. The molecule has 2 aliphatic carbocycles. The molecule has 8 heteroatoms. The van der Waals surface area contributed by atoms with Crippen LogP contribution >= 0.6 is 7.26 Å². The molecule has 3 aromatic rings. The minimum absolute atomic E-state index is 0.0377. The summed E-state index contributed by atoms with van der Waals surface area (Å²) in [6.07, 6.45) is 26.8. The minimum Gasteiger partial charge on any atom is -0.354 e. The summed E-state index contributed by atoms with van der Waals surface area (Å²) >= 11 is 0. The van der Waals surface area contributed by atoms with Gasteiger partial charge in [-0.3, -0.25) is 9.59 Å². The number of carbonyl (C=O) groups is 2. The molecular formula is C52H77N5O2P+. The molecule has 2 atom stereocenters. The molecule has 2 amide bonds. The predicted molar refractivity (Wildman–Crippen MR) is 256 cm³/mol. The van der Waals surface area contributed by atoms with Crippen molar-refractivity contribution in [3.8, 4) is 0 Å². The quantitative estimate of drug-likeness (QED) is 0.0601. The number of aliphatic imine (C=N–C) groups is 1. The van der Waals surface area contributed by atoms with E-state index in [1.165, 1.54) is 113 Å². The number of unbranched alkanes of at least 4 members (excludes halogenated alkanes) is 3. The normalized spacial score (nSPS) is 18.4. The van der Waals surface area contributed by atoms with Crippen LogP contribution in [-0.4, -0.2) is 65.3 Å². The Hall–Kier alpha value is -3.70. The van der Waals surface area contributed by atoms with Gasteiger partial charge in [0, 0.05) is 32.0 Å². The number of fused-ring (bicyclic) bond motifs is 1. The molecule has 2 fully saturated rings. The number of rotatable bonds is 20. The Morgan fingerprint density at radius 2 is 1.32 bits per heavy atom. The molecule has 7 nitrogen and oxygen atoms in total. The van der Waals surface area contributed by atoms with Gasteiger partial charge in [-0.2, -0.15) is 0 Å². The Bertz CT molecular complexity index is 1750. The second kappa shape index (κ2) is 24.1. The number of benzene rings is 3. The summed E-state index contributed by atoms with van der Waals surface area (Å²) in [6, 6.07) is 26.9. The van der Waals surface area contributed by atoms with Gasteiger partial charge in [0.2, 0.25) is 11.8 Å². The third-order valence-corrected chi connectivity index (χ3v) is 18.4. The number of guanidine groups is 1. The molecule has 1 aliphatic heterocycles. The standard InChI is InChI=1S/C52H76N5O2P/c1-4-7-35-60(36-8-5-2,37-9-6-3)40-42-29-32-47(33-30-42)53-50(58)49-38-43-23-19-20-24-44(43)39-57(49)51(59)48(34-31-41-21-13-10-14-22-41)56-52(54-45-25-15-11-16-26-45)55-46-27-17-12-18-28-46/h10,13-14,19-24,29-30,32-33,45-46,48-49H,4-9,11-12,15-18,25-28,31,34-40H2,1-3H3,(H2-,53,54,55,56,58)/p+1/t48-,49?/m0/s1. The Labute approximate surface area is 364 Å². The lowest BCUT2D eigenvalue weighted by Gasteiger charge is -2.38. The largest absolute Gasteiger partial charge is 0.354 e. The molecule has 1 heterocycles. The van der Waals surface area contributed by atoms with Gasteiger partial charge in [-0.05, 0) is 92.2 Å². The van der Waals surface area contributed by atoms with Crippen LogP contribution in [0.2, 0.25) is 0 Å². The Morgan fingerprint density at radius 3 is 1.95 bits per heavy atom. The third-order valence-electron chi connectivity index (χ3n) is 13.5. The lowest BCUT2D eigenvalue weighted by Crippen LogP contribution is -2.58. The highest BCUT2D eigenvalue weighted by Crippen LogP contribution is 2.63. The van der Waals surface area contributed by atoms with Crippen LogP contribution in [0.15, 0.2) is 83.9 Å². The molecular weight excluding hydrogens is 758 g/mol. The van der Waals surface area contributed by atoms with Crippen molar-refractivity contribution in [2.45, 2.75) is 180 Å². The van der Waals surface area contributed by atoms with Crippen LogP contribution in [0.25, 0.3) is 0 Å². The van der Waals surface area contributed by atoms with Crippen molar-refractivity contribution < 1.29 is 9.59 Å². The fraction of sp³-hybridized carbons (Fsp3) is 0.596. The van der Waals surface area contributed by atoms with Gasteiger partial charge < -0.3 is 20.9 Å². The summed E-state index contributed by atoms with van der Waals surface area (Å²) in [4.78, 5) is 37.0. The fourth-order valence-corrected chi connectivity index (χ4v) is 15.0. The van der Waals surface area contributed by atoms with E-state index in [9.17, 15) is 4.79 Å². The van der Waals surface area contributed by atoms with Crippen LogP contribution in [0.5, 0.6) is 0 Å². The van der Waals surface area contributed by atoms with Gasteiger partial charge in [-0.25, -0.2) is 4.99 Å². The first-order chi connectivity index (χ1) is 29.4. The number of hydrogen-bond donors (Lipinski definition) is 3. The molecule has 0 radical (unpaired) electrons. The van der Waals surface area contributed by atoms with Crippen molar-refractivity contribution >= 4 is 30.7 Å². The summed E-state index contributed by atoms with van der Waals surface area (Å²) in [7, 11) is -1.10. The third kappa shape index (κ3) is 13.7. The maximum absolute atomic E-state index is 15.2. The lowest BCUT2D eigenvalue weighted by atomic mass is 9.92. The first-order valence-corrected chi connectivity index (χ1v) is 26.7. The number of carbonyl (C=O) groups excluding carboxylic acids is 2. The van der Waals surface area contributed by atoms with Crippen LogP contribution in [0.3, 0.4) is 0 Å². The van der Waals surface area contributed by atoms with E-state index in [1.807, 2.05) is 23.1 Å². The van der Waals surface area contributed by atoms with Gasteiger partial charge in [0.1, 0.15) is 12.1 Å². The molecule has 3 N–H and O–H groups in total. The molecule has 326 valence electrons. The zero-order valence-corrected chi connectivity index (χ0v) is 38.3. The molecule has 1 unspecified atom stereocenters. The van der Waals surface area contributed by atoms with Crippen molar-refractivity contribution in [3.63, 3.8) is 0 Å². The van der Waals surface area contributed by atoms with E-state index in [4.69, 9.17) is 4.99 Å². The highest BCUT2D eigenvalue weighted by Gasteiger charge is 2.39. The van der Waals surface area contributed by atoms with Crippen molar-refractivity contribution in [1.82, 2.24) is 15.5 Å². The second-order valence-corrected chi connectivity index (χ2v) is 22.7. The zero-order valence-electron chi connectivity index (χ0n) is 37.4. The highest BCUT2D eigenvalue weighted by atomic mass is 31.2. The molecule has 0 bridgehead atoms. The van der Waals surface area contributed by atoms with E-state index in [0.29, 0.717) is 25.4 Å². The van der Waals surface area contributed by atoms with E-state index >= 15 is 4.79 Å². The van der Waals surface area contributed by atoms with Crippen molar-refractivity contribution in [3.05, 3.63) is 101 Å². The minimum atomic E-state index is -1.10. The van der Waals surface area contributed by atoms with E-state index in [-0.39, 0.29) is 17.9 Å². The molecule has 0 aromatic heterocycles. The van der Waals surface area contributed by atoms with E-state index < -0.39 is 19.3 Å². The number of anilines is 1. The number of hydrogen-bond acceptors (Lipinski definition) is 3. The van der Waals surface area contributed by atoms with Crippen LogP contribution in [-0.2, 0) is 35.1 Å². The van der Waals surface area contributed by atoms with E-state index in [0.717, 1.165) is 54.9 Å². The molecule has 3 aliphatic rings. The van der Waals surface area contributed by atoms with Crippen LogP contribution < -0.4 is 16.0 Å². The summed E-state index contributed by atoms with van der Waals surface area (Å²) in [5.41, 5.74) is 5.64. The molecule has 2 saturated carbocycles. The Kier molecular flexibility index (Phi) is 18.4. The smallest absolute Gasteiger partial charge is 0.247 e. The number of amides is 2. The maximum Gasteiger partial charge on any atom is 0.247 e. The van der Waals surface area contributed by atoms with Gasteiger partial charge in [0.25, 0.3) is 0 Å². The monoisotopic (exact) mass is 835 g/mol. The zero-order chi connectivity index (χ0) is 42.0. The summed E-state index contributed by atoms with van der Waals surface area (Å²) in [5.74, 6) is 0.605. The molecule has 3 aromatic carbocycles. The number of nitrogens with zero attached hydrogens (tertiary/aromatic N) is 2. The number of aryl methyl sites for hydroxylation is 1. The van der Waals surface area contributed by atoms with E-state index in [1.54, 1.807) is 0 Å². The average Bonchev–Trinajstić information content (AvgIpc) is 3.29. The van der Waals surface area contributed by atoms with Crippen LogP contribution in [0, 0.1) is 0 Å². The van der Waals surface area contributed by atoms with Crippen molar-refractivity contribution in [2.24, 2.45) is 4.99 Å². The second-order valence-electron chi connectivity index (χ2n) is 18.3. The lowest BCUT2D eigenvalue weighted by molar-refractivity contribution is -0.141. The topological polar surface area (TPSA) is 85.8 Å². The average molecular weight is 835 g/mol. The van der Waals surface area contributed by atoms with Crippen LogP contribution in [0.4, 0.5) is 5.69 Å². The summed E-state index contributed by atoms with van der Waals surface area (Å²) < 4.78 is 0. The van der Waals surface area contributed by atoms with Crippen molar-refractivity contribution in [2.75, 3.05) is 23.8 Å². The van der Waals surface area contributed by atoms with Gasteiger partial charge in [-0.15, -0.1) is 0 Å². The maximum atomic E-state index is 15.2. The fourth-order valence-electron chi connectivity index (χ4n) is 9.88. The van der Waals surface area contributed by atoms with Gasteiger partial charge in [-0.1, -0.05) is 145 Å².